The summed E-state index contributed by atoms with van der Waals surface area (Å²) in [6.45, 7) is 3.58. The number of ether oxygens (including phenoxy) is 2. The van der Waals surface area contributed by atoms with Crippen molar-refractivity contribution in [2.24, 2.45) is 0 Å². The number of hydrogen-bond acceptors (Lipinski definition) is 3. The van der Waals surface area contributed by atoms with Crippen LogP contribution in [-0.4, -0.2) is 32.4 Å². The molecule has 5 rings (SSSR count). The summed E-state index contributed by atoms with van der Waals surface area (Å²) in [4.78, 5) is 2.51. The predicted octanol–water partition coefficient (Wildman–Crippen LogP) is 4.13. The van der Waals surface area contributed by atoms with E-state index in [1.54, 1.807) is 0 Å². The Morgan fingerprint density at radius 1 is 1.17 bits per heavy atom. The SMILES string of the molecule is Brc1ccc2c(c1)OCC21CN(C[C@H]2CCCO2)c2ccccc21. The molecule has 3 aliphatic rings. The molecule has 124 valence electrons. The zero-order valence-corrected chi connectivity index (χ0v) is 15.1. The molecule has 2 atom stereocenters. The number of para-hydroxylation sites is 1. The smallest absolute Gasteiger partial charge is 0.124 e. The van der Waals surface area contributed by atoms with E-state index in [1.807, 2.05) is 0 Å². The van der Waals surface area contributed by atoms with Gasteiger partial charge in [0.05, 0.1) is 11.5 Å². The first-order valence-corrected chi connectivity index (χ1v) is 9.44. The minimum absolute atomic E-state index is 0.0504. The van der Waals surface area contributed by atoms with Gasteiger partial charge < -0.3 is 14.4 Å². The summed E-state index contributed by atoms with van der Waals surface area (Å²) in [6, 6.07) is 15.2. The van der Waals surface area contributed by atoms with E-state index in [1.165, 1.54) is 29.7 Å². The van der Waals surface area contributed by atoms with Crippen molar-refractivity contribution < 1.29 is 9.47 Å². The fraction of sp³-hybridized carbons (Fsp3) is 0.400. The van der Waals surface area contributed by atoms with Crippen LogP contribution in [0.1, 0.15) is 24.0 Å². The molecule has 24 heavy (non-hydrogen) atoms. The van der Waals surface area contributed by atoms with Crippen LogP contribution in [0.15, 0.2) is 46.9 Å². The highest BCUT2D eigenvalue weighted by molar-refractivity contribution is 9.10. The van der Waals surface area contributed by atoms with E-state index in [0.29, 0.717) is 6.10 Å². The lowest BCUT2D eigenvalue weighted by Gasteiger charge is -2.26. The summed E-state index contributed by atoms with van der Waals surface area (Å²) in [5, 5.41) is 0. The van der Waals surface area contributed by atoms with E-state index in [9.17, 15) is 0 Å². The molecule has 3 aliphatic heterocycles. The van der Waals surface area contributed by atoms with Gasteiger partial charge in [-0.15, -0.1) is 0 Å². The van der Waals surface area contributed by atoms with E-state index in [2.05, 4.69) is 63.3 Å². The van der Waals surface area contributed by atoms with Crippen LogP contribution < -0.4 is 9.64 Å². The Hall–Kier alpha value is -1.52. The Balaban J connectivity index is 1.57. The highest BCUT2D eigenvalue weighted by Crippen LogP contribution is 2.51. The topological polar surface area (TPSA) is 21.7 Å². The van der Waals surface area contributed by atoms with Gasteiger partial charge in [0.1, 0.15) is 12.4 Å². The number of halogens is 1. The molecule has 0 radical (unpaired) electrons. The van der Waals surface area contributed by atoms with Gasteiger partial charge in [-0.05, 0) is 36.6 Å². The van der Waals surface area contributed by atoms with Crippen LogP contribution in [0.5, 0.6) is 5.75 Å². The number of benzene rings is 2. The van der Waals surface area contributed by atoms with Crippen molar-refractivity contribution in [3.8, 4) is 5.75 Å². The number of rotatable bonds is 2. The van der Waals surface area contributed by atoms with Gasteiger partial charge in [-0.25, -0.2) is 0 Å². The predicted molar refractivity (Wildman–Crippen MR) is 98.0 cm³/mol. The van der Waals surface area contributed by atoms with Gasteiger partial charge in [-0.3, -0.25) is 0 Å². The van der Waals surface area contributed by atoms with Crippen molar-refractivity contribution in [1.82, 2.24) is 0 Å². The second-order valence-electron chi connectivity index (χ2n) is 7.04. The summed E-state index contributed by atoms with van der Waals surface area (Å²) in [7, 11) is 0. The molecular formula is C20H20BrNO2. The van der Waals surface area contributed by atoms with Crippen LogP contribution in [0.2, 0.25) is 0 Å². The average molecular weight is 386 g/mol. The van der Waals surface area contributed by atoms with Gasteiger partial charge in [0.15, 0.2) is 0 Å². The number of fused-ring (bicyclic) bond motifs is 4. The Morgan fingerprint density at radius 2 is 2.08 bits per heavy atom. The lowest BCUT2D eigenvalue weighted by Crippen LogP contribution is -2.39. The molecule has 3 nitrogen and oxygen atoms in total. The Morgan fingerprint density at radius 3 is 2.96 bits per heavy atom. The largest absolute Gasteiger partial charge is 0.492 e. The van der Waals surface area contributed by atoms with E-state index in [0.717, 1.165) is 36.5 Å². The average Bonchev–Trinajstić information content (AvgIpc) is 3.29. The first-order valence-electron chi connectivity index (χ1n) is 8.65. The van der Waals surface area contributed by atoms with E-state index < -0.39 is 0 Å². The fourth-order valence-corrected chi connectivity index (χ4v) is 4.83. The van der Waals surface area contributed by atoms with E-state index >= 15 is 0 Å². The summed E-state index contributed by atoms with van der Waals surface area (Å²) < 4.78 is 13.1. The first kappa shape index (κ1) is 14.8. The lowest BCUT2D eigenvalue weighted by molar-refractivity contribution is 0.115. The standard InChI is InChI=1S/C20H20BrNO2/c21-14-7-8-17-19(10-14)24-13-20(17)12-22(11-15-4-3-9-23-15)18-6-2-1-5-16(18)20/h1-2,5-8,10,15H,3-4,9,11-13H2/t15-,20?/m1/s1. The molecule has 0 aliphatic carbocycles. The van der Waals surface area contributed by atoms with Gasteiger partial charge in [0.2, 0.25) is 0 Å². The molecule has 0 N–H and O–H groups in total. The van der Waals surface area contributed by atoms with Crippen LogP contribution >= 0.6 is 15.9 Å². The third kappa shape index (κ3) is 2.12. The molecule has 1 unspecified atom stereocenters. The molecule has 1 spiro atoms. The molecule has 2 aromatic carbocycles. The van der Waals surface area contributed by atoms with Crippen LogP contribution in [0, 0.1) is 0 Å². The van der Waals surface area contributed by atoms with Crippen LogP contribution in [0.4, 0.5) is 5.69 Å². The molecule has 4 heteroatoms. The maximum absolute atomic E-state index is 6.10. The van der Waals surface area contributed by atoms with Crippen molar-refractivity contribution in [3.05, 3.63) is 58.1 Å². The second-order valence-corrected chi connectivity index (χ2v) is 7.96. The fourth-order valence-electron chi connectivity index (χ4n) is 4.49. The summed E-state index contributed by atoms with van der Waals surface area (Å²) in [5.41, 5.74) is 4.00. The molecule has 0 bridgehead atoms. The molecule has 2 aromatic rings. The van der Waals surface area contributed by atoms with Crippen LogP contribution in [0.3, 0.4) is 0 Å². The van der Waals surface area contributed by atoms with E-state index in [4.69, 9.17) is 9.47 Å². The maximum atomic E-state index is 6.10. The van der Waals surface area contributed by atoms with Gasteiger partial charge in [0, 0.05) is 35.4 Å². The zero-order chi connectivity index (χ0) is 16.1. The molecule has 3 heterocycles. The quantitative estimate of drug-likeness (QED) is 0.775. The minimum atomic E-state index is -0.0504. The van der Waals surface area contributed by atoms with Crippen molar-refractivity contribution in [2.45, 2.75) is 24.4 Å². The lowest BCUT2D eigenvalue weighted by atomic mass is 9.78. The Bertz CT molecular complexity index is 787. The van der Waals surface area contributed by atoms with Crippen LogP contribution in [0.25, 0.3) is 0 Å². The molecule has 0 amide bonds. The molecule has 0 saturated carbocycles. The van der Waals surface area contributed by atoms with Crippen molar-refractivity contribution in [3.63, 3.8) is 0 Å². The monoisotopic (exact) mass is 385 g/mol. The summed E-state index contributed by atoms with van der Waals surface area (Å²) in [6.07, 6.45) is 2.72. The van der Waals surface area contributed by atoms with Crippen molar-refractivity contribution in [2.75, 3.05) is 31.2 Å². The minimum Gasteiger partial charge on any atom is -0.492 e. The van der Waals surface area contributed by atoms with Gasteiger partial charge in [-0.1, -0.05) is 40.2 Å². The first-order chi connectivity index (χ1) is 11.8. The highest BCUT2D eigenvalue weighted by atomic mass is 79.9. The third-order valence-corrected chi connectivity index (χ3v) is 6.10. The van der Waals surface area contributed by atoms with Crippen molar-refractivity contribution in [1.29, 1.82) is 0 Å². The van der Waals surface area contributed by atoms with Gasteiger partial charge in [0.25, 0.3) is 0 Å². The number of anilines is 1. The maximum Gasteiger partial charge on any atom is 0.124 e. The summed E-state index contributed by atoms with van der Waals surface area (Å²) in [5.74, 6) is 1.01. The number of hydrogen-bond donors (Lipinski definition) is 0. The Kier molecular flexibility index (Phi) is 3.39. The van der Waals surface area contributed by atoms with Gasteiger partial charge in [-0.2, -0.15) is 0 Å². The molecule has 1 fully saturated rings. The molecule has 1 saturated heterocycles. The van der Waals surface area contributed by atoms with Crippen LogP contribution in [-0.2, 0) is 10.2 Å². The van der Waals surface area contributed by atoms with E-state index in [-0.39, 0.29) is 5.41 Å². The van der Waals surface area contributed by atoms with Gasteiger partial charge >= 0.3 is 0 Å². The number of nitrogens with zero attached hydrogens (tertiary/aromatic N) is 1. The van der Waals surface area contributed by atoms with Crippen molar-refractivity contribution >= 4 is 21.6 Å². The highest BCUT2D eigenvalue weighted by Gasteiger charge is 2.49. The summed E-state index contributed by atoms with van der Waals surface area (Å²) >= 11 is 3.56. The molecular weight excluding hydrogens is 366 g/mol. The second kappa shape index (κ2) is 5.50. The Labute approximate surface area is 150 Å². The third-order valence-electron chi connectivity index (χ3n) is 5.60. The zero-order valence-electron chi connectivity index (χ0n) is 13.5. The molecule has 0 aromatic heterocycles. The normalized spacial score (nSPS) is 27.4.